The third kappa shape index (κ3) is 3.84. The third-order valence-corrected chi connectivity index (χ3v) is 3.84. The smallest absolute Gasteiger partial charge is 0.128 e. The van der Waals surface area contributed by atoms with Crippen molar-refractivity contribution in [1.29, 1.82) is 0 Å². The summed E-state index contributed by atoms with van der Waals surface area (Å²) >= 11 is 6.03. The fraction of sp³-hybridized carbons (Fsp3) is 0.333. The van der Waals surface area contributed by atoms with Gasteiger partial charge in [0.25, 0.3) is 0 Å². The topological polar surface area (TPSA) is 12.0 Å². The molecule has 0 bridgehead atoms. The van der Waals surface area contributed by atoms with E-state index in [-0.39, 0.29) is 11.9 Å². The molecule has 0 aliphatic carbocycles. The summed E-state index contributed by atoms with van der Waals surface area (Å²) in [5.74, 6) is -0.177. The summed E-state index contributed by atoms with van der Waals surface area (Å²) < 4.78 is 14.3. The summed E-state index contributed by atoms with van der Waals surface area (Å²) in [5.41, 5.74) is 3.88. The highest BCUT2D eigenvalue weighted by Crippen LogP contribution is 2.29. The second kappa shape index (κ2) is 7.06. The van der Waals surface area contributed by atoms with E-state index in [1.165, 1.54) is 6.07 Å². The van der Waals surface area contributed by atoms with Gasteiger partial charge in [0.1, 0.15) is 5.82 Å². The van der Waals surface area contributed by atoms with E-state index in [4.69, 9.17) is 11.6 Å². The Kier molecular flexibility index (Phi) is 5.38. The van der Waals surface area contributed by atoms with Gasteiger partial charge < -0.3 is 5.32 Å². The fourth-order valence-electron chi connectivity index (χ4n) is 2.52. The number of nitrogens with one attached hydrogen (secondary N) is 1. The number of aryl methyl sites for hydroxylation is 2. The lowest BCUT2D eigenvalue weighted by Crippen LogP contribution is -2.25. The predicted octanol–water partition coefficient (Wildman–Crippen LogP) is 5.18. The van der Waals surface area contributed by atoms with E-state index in [1.807, 2.05) is 38.1 Å². The molecule has 0 spiro atoms. The summed E-state index contributed by atoms with van der Waals surface area (Å²) in [6, 6.07) is 10.9. The first-order valence-corrected chi connectivity index (χ1v) is 7.66. The molecule has 0 radical (unpaired) electrons. The highest BCUT2D eigenvalue weighted by Gasteiger charge is 2.19. The summed E-state index contributed by atoms with van der Waals surface area (Å²) in [4.78, 5) is 0. The number of halogens is 2. The maximum absolute atomic E-state index is 14.3. The molecule has 0 heterocycles. The van der Waals surface area contributed by atoms with Gasteiger partial charge in [-0.25, -0.2) is 4.39 Å². The lowest BCUT2D eigenvalue weighted by molar-refractivity contribution is 0.545. The van der Waals surface area contributed by atoms with Gasteiger partial charge in [0.05, 0.1) is 6.04 Å². The summed E-state index contributed by atoms with van der Waals surface area (Å²) in [6.07, 6.45) is 0.997. The van der Waals surface area contributed by atoms with Crippen LogP contribution in [-0.4, -0.2) is 6.54 Å². The minimum atomic E-state index is -0.177. The molecule has 3 heteroatoms. The molecule has 1 atom stereocenters. The third-order valence-electron chi connectivity index (χ3n) is 3.60. The first kappa shape index (κ1) is 16.0. The average Bonchev–Trinajstić information content (AvgIpc) is 2.44. The van der Waals surface area contributed by atoms with Crippen LogP contribution in [0.3, 0.4) is 0 Å². The van der Waals surface area contributed by atoms with Crippen molar-refractivity contribution >= 4 is 11.6 Å². The van der Waals surface area contributed by atoms with Crippen molar-refractivity contribution < 1.29 is 4.39 Å². The van der Waals surface area contributed by atoms with Gasteiger partial charge in [-0.2, -0.15) is 0 Å². The summed E-state index contributed by atoms with van der Waals surface area (Å²) in [5, 5.41) is 4.15. The van der Waals surface area contributed by atoms with Crippen molar-refractivity contribution in [2.24, 2.45) is 0 Å². The van der Waals surface area contributed by atoms with E-state index in [0.29, 0.717) is 10.6 Å². The van der Waals surface area contributed by atoms with Crippen LogP contribution >= 0.6 is 11.6 Å². The molecule has 1 N–H and O–H groups in total. The molecule has 2 aromatic rings. The second-order valence-electron chi connectivity index (χ2n) is 5.41. The number of hydrogen-bond donors (Lipinski definition) is 1. The van der Waals surface area contributed by atoms with E-state index in [9.17, 15) is 4.39 Å². The molecule has 0 aliphatic heterocycles. The van der Waals surface area contributed by atoms with E-state index in [2.05, 4.69) is 12.2 Å². The van der Waals surface area contributed by atoms with Crippen LogP contribution in [-0.2, 0) is 0 Å². The van der Waals surface area contributed by atoms with Crippen LogP contribution in [0, 0.1) is 19.7 Å². The Morgan fingerprint density at radius 2 is 1.86 bits per heavy atom. The average molecular weight is 306 g/mol. The molecule has 2 rings (SSSR count). The minimum Gasteiger partial charge on any atom is -0.306 e. The minimum absolute atomic E-state index is 0.151. The highest BCUT2D eigenvalue weighted by atomic mass is 35.5. The maximum atomic E-state index is 14.3. The molecule has 0 amide bonds. The molecule has 1 unspecified atom stereocenters. The van der Waals surface area contributed by atoms with Crippen LogP contribution in [0.4, 0.5) is 4.39 Å². The van der Waals surface area contributed by atoms with E-state index in [1.54, 1.807) is 6.07 Å². The molecule has 0 saturated heterocycles. The van der Waals surface area contributed by atoms with Crippen LogP contribution in [0.2, 0.25) is 5.02 Å². The Labute approximate surface area is 131 Å². The van der Waals surface area contributed by atoms with Crippen LogP contribution < -0.4 is 5.32 Å². The van der Waals surface area contributed by atoms with Crippen molar-refractivity contribution in [2.45, 2.75) is 33.2 Å². The summed E-state index contributed by atoms with van der Waals surface area (Å²) in [6.45, 7) is 6.93. The normalized spacial score (nSPS) is 12.4. The molecule has 112 valence electrons. The monoisotopic (exact) mass is 305 g/mol. The van der Waals surface area contributed by atoms with Gasteiger partial charge >= 0.3 is 0 Å². The molecule has 0 aromatic heterocycles. The zero-order valence-corrected chi connectivity index (χ0v) is 13.5. The number of benzene rings is 2. The van der Waals surface area contributed by atoms with Crippen molar-refractivity contribution in [1.82, 2.24) is 5.32 Å². The Morgan fingerprint density at radius 3 is 2.52 bits per heavy atom. The van der Waals surface area contributed by atoms with Crippen LogP contribution in [0.1, 0.15) is 41.6 Å². The van der Waals surface area contributed by atoms with Gasteiger partial charge in [-0.3, -0.25) is 0 Å². The van der Waals surface area contributed by atoms with Crippen LogP contribution in [0.5, 0.6) is 0 Å². The molecular weight excluding hydrogens is 285 g/mol. The van der Waals surface area contributed by atoms with Crippen molar-refractivity contribution in [2.75, 3.05) is 6.54 Å². The van der Waals surface area contributed by atoms with Gasteiger partial charge in [0.15, 0.2) is 0 Å². The summed E-state index contributed by atoms with van der Waals surface area (Å²) in [7, 11) is 0. The molecular formula is C18H21ClFN. The van der Waals surface area contributed by atoms with Gasteiger partial charge in [-0.05, 0) is 56.1 Å². The van der Waals surface area contributed by atoms with Crippen molar-refractivity contribution in [3.8, 4) is 0 Å². The van der Waals surface area contributed by atoms with Crippen LogP contribution in [0.25, 0.3) is 0 Å². The van der Waals surface area contributed by atoms with Gasteiger partial charge in [-0.1, -0.05) is 42.3 Å². The first-order valence-electron chi connectivity index (χ1n) is 7.28. The van der Waals surface area contributed by atoms with Crippen LogP contribution in [0.15, 0.2) is 36.4 Å². The maximum Gasteiger partial charge on any atom is 0.128 e. The largest absolute Gasteiger partial charge is 0.306 e. The van der Waals surface area contributed by atoms with E-state index >= 15 is 0 Å². The highest BCUT2D eigenvalue weighted by molar-refractivity contribution is 6.30. The Balaban J connectivity index is 2.49. The van der Waals surface area contributed by atoms with Crippen molar-refractivity contribution in [3.05, 3.63) is 69.5 Å². The lowest BCUT2D eigenvalue weighted by atomic mass is 9.93. The molecule has 21 heavy (non-hydrogen) atoms. The van der Waals surface area contributed by atoms with Gasteiger partial charge in [0, 0.05) is 10.6 Å². The SMILES string of the molecule is CCCNC(c1ccc(Cl)cc1C)c1cc(C)ccc1F. The predicted molar refractivity (Wildman–Crippen MR) is 87.5 cm³/mol. The lowest BCUT2D eigenvalue weighted by Gasteiger charge is -2.22. The zero-order chi connectivity index (χ0) is 15.4. The Bertz CT molecular complexity index is 625. The molecule has 2 aromatic carbocycles. The van der Waals surface area contributed by atoms with Gasteiger partial charge in [-0.15, -0.1) is 0 Å². The van der Waals surface area contributed by atoms with Gasteiger partial charge in [0.2, 0.25) is 0 Å². The molecule has 0 saturated carbocycles. The van der Waals surface area contributed by atoms with E-state index in [0.717, 1.165) is 29.7 Å². The molecule has 1 nitrogen and oxygen atoms in total. The fourth-order valence-corrected chi connectivity index (χ4v) is 2.75. The Morgan fingerprint density at radius 1 is 1.10 bits per heavy atom. The first-order chi connectivity index (χ1) is 10.0. The number of rotatable bonds is 5. The standard InChI is InChI=1S/C18H21ClFN/c1-4-9-21-18(15-7-6-14(19)11-13(15)3)16-10-12(2)5-8-17(16)20/h5-8,10-11,18,21H,4,9H2,1-3H3. The zero-order valence-electron chi connectivity index (χ0n) is 12.7. The molecule has 0 fully saturated rings. The van der Waals surface area contributed by atoms with E-state index < -0.39 is 0 Å². The molecule has 0 aliphatic rings. The Hall–Kier alpha value is -1.38. The van der Waals surface area contributed by atoms with Crippen molar-refractivity contribution in [3.63, 3.8) is 0 Å². The second-order valence-corrected chi connectivity index (χ2v) is 5.85. The number of hydrogen-bond acceptors (Lipinski definition) is 1. The quantitative estimate of drug-likeness (QED) is 0.802.